The van der Waals surface area contributed by atoms with Gasteiger partial charge >= 0.3 is 0 Å². The first-order valence-electron chi connectivity index (χ1n) is 6.36. The number of aromatic hydroxyl groups is 1. The molecule has 0 radical (unpaired) electrons. The lowest BCUT2D eigenvalue weighted by Crippen LogP contribution is -2.05. The normalized spacial score (nSPS) is 10.4. The van der Waals surface area contributed by atoms with Crippen LogP contribution in [0.15, 0.2) is 30.3 Å². The van der Waals surface area contributed by atoms with Crippen molar-refractivity contribution in [3.63, 3.8) is 0 Å². The van der Waals surface area contributed by atoms with Crippen molar-refractivity contribution in [2.24, 2.45) is 0 Å². The van der Waals surface area contributed by atoms with Gasteiger partial charge in [0, 0.05) is 12.6 Å². The van der Waals surface area contributed by atoms with Gasteiger partial charge in [-0.3, -0.25) is 10.1 Å². The predicted molar refractivity (Wildman–Crippen MR) is 78.0 cm³/mol. The molecule has 0 saturated carbocycles. The van der Waals surface area contributed by atoms with Crippen LogP contribution in [-0.2, 0) is 6.54 Å². The molecule has 0 atom stereocenters. The molecule has 110 valence electrons. The molecule has 0 amide bonds. The van der Waals surface area contributed by atoms with Crippen molar-refractivity contribution in [2.45, 2.75) is 20.4 Å². The summed E-state index contributed by atoms with van der Waals surface area (Å²) in [6.07, 6.45) is 0. The zero-order valence-electron chi connectivity index (χ0n) is 11.7. The number of hydrogen-bond acceptors (Lipinski definition) is 4. The first-order chi connectivity index (χ1) is 9.90. The Hall–Kier alpha value is -2.63. The lowest BCUT2D eigenvalue weighted by Gasteiger charge is -2.11. The molecule has 0 fully saturated rings. The molecule has 2 rings (SSSR count). The van der Waals surface area contributed by atoms with Gasteiger partial charge in [-0.1, -0.05) is 18.2 Å². The average molecular weight is 290 g/mol. The maximum Gasteiger partial charge on any atom is 0.295 e. The first-order valence-corrected chi connectivity index (χ1v) is 6.36. The van der Waals surface area contributed by atoms with E-state index < -0.39 is 10.7 Å². The monoisotopic (exact) mass is 290 g/mol. The van der Waals surface area contributed by atoms with E-state index in [2.05, 4.69) is 5.32 Å². The number of hydrogen-bond donors (Lipinski definition) is 2. The number of nitro groups is 1. The van der Waals surface area contributed by atoms with E-state index in [1.54, 1.807) is 26.0 Å². The van der Waals surface area contributed by atoms with E-state index in [1.165, 1.54) is 18.2 Å². The standard InChI is InChI=1S/C15H15FN2O3/c1-9-6-11(7-10(2)15(9)19)8-17-14-12(16)4-3-5-13(14)18(20)21/h3-7,17,19H,8H2,1-2H3. The van der Waals surface area contributed by atoms with E-state index in [4.69, 9.17) is 0 Å². The highest BCUT2D eigenvalue weighted by Gasteiger charge is 2.17. The Kier molecular flexibility index (Phi) is 4.07. The van der Waals surface area contributed by atoms with Gasteiger partial charge in [-0.05, 0) is 36.6 Å². The number of rotatable bonds is 4. The van der Waals surface area contributed by atoms with Crippen LogP contribution in [0.3, 0.4) is 0 Å². The quantitative estimate of drug-likeness (QED) is 0.665. The van der Waals surface area contributed by atoms with Crippen LogP contribution in [0.5, 0.6) is 5.75 Å². The van der Waals surface area contributed by atoms with E-state index in [-0.39, 0.29) is 23.7 Å². The molecular weight excluding hydrogens is 275 g/mol. The van der Waals surface area contributed by atoms with Gasteiger partial charge < -0.3 is 10.4 Å². The Morgan fingerprint density at radius 1 is 1.29 bits per heavy atom. The van der Waals surface area contributed by atoms with Gasteiger partial charge in [0.25, 0.3) is 5.69 Å². The number of aryl methyl sites for hydroxylation is 2. The summed E-state index contributed by atoms with van der Waals surface area (Å²) in [6, 6.07) is 7.22. The van der Waals surface area contributed by atoms with Crippen molar-refractivity contribution in [3.05, 3.63) is 63.0 Å². The summed E-state index contributed by atoms with van der Waals surface area (Å²) in [4.78, 5) is 10.3. The van der Waals surface area contributed by atoms with Gasteiger partial charge in [0.1, 0.15) is 11.4 Å². The van der Waals surface area contributed by atoms with Gasteiger partial charge in [-0.15, -0.1) is 0 Å². The summed E-state index contributed by atoms with van der Waals surface area (Å²) < 4.78 is 13.7. The van der Waals surface area contributed by atoms with E-state index in [0.29, 0.717) is 11.1 Å². The smallest absolute Gasteiger partial charge is 0.295 e. The zero-order chi connectivity index (χ0) is 15.6. The molecular formula is C15H15FN2O3. The third kappa shape index (κ3) is 3.10. The largest absolute Gasteiger partial charge is 0.507 e. The molecule has 0 heterocycles. The Morgan fingerprint density at radius 2 is 1.90 bits per heavy atom. The molecule has 0 aromatic heterocycles. The highest BCUT2D eigenvalue weighted by molar-refractivity contribution is 5.62. The number of nitrogens with one attached hydrogen (secondary N) is 1. The molecule has 2 aromatic rings. The number of benzene rings is 2. The van der Waals surface area contributed by atoms with Crippen molar-refractivity contribution < 1.29 is 14.4 Å². The Bertz CT molecular complexity index is 678. The summed E-state index contributed by atoms with van der Waals surface area (Å²) in [5.41, 5.74) is 1.78. The maximum absolute atomic E-state index is 13.7. The minimum absolute atomic E-state index is 0.133. The lowest BCUT2D eigenvalue weighted by molar-refractivity contribution is -0.384. The van der Waals surface area contributed by atoms with E-state index >= 15 is 0 Å². The van der Waals surface area contributed by atoms with Crippen molar-refractivity contribution in [1.82, 2.24) is 0 Å². The number of para-hydroxylation sites is 1. The van der Waals surface area contributed by atoms with Crippen molar-refractivity contribution in [3.8, 4) is 5.75 Å². The summed E-state index contributed by atoms with van der Waals surface area (Å²) in [6.45, 7) is 3.75. The number of anilines is 1. The Balaban J connectivity index is 2.27. The number of phenolic OH excluding ortho intramolecular Hbond substituents is 1. The van der Waals surface area contributed by atoms with E-state index in [0.717, 1.165) is 5.56 Å². The van der Waals surface area contributed by atoms with Crippen molar-refractivity contribution in [1.29, 1.82) is 0 Å². The van der Waals surface area contributed by atoms with Crippen LogP contribution in [0.4, 0.5) is 15.8 Å². The fourth-order valence-corrected chi connectivity index (χ4v) is 2.18. The molecule has 2 N–H and O–H groups in total. The second kappa shape index (κ2) is 5.78. The van der Waals surface area contributed by atoms with Gasteiger partial charge in [0.05, 0.1) is 4.92 Å². The summed E-state index contributed by atoms with van der Waals surface area (Å²) in [5.74, 6) is -0.452. The van der Waals surface area contributed by atoms with Crippen LogP contribution < -0.4 is 5.32 Å². The Labute approximate surface area is 121 Å². The Morgan fingerprint density at radius 3 is 2.48 bits per heavy atom. The molecule has 0 saturated heterocycles. The van der Waals surface area contributed by atoms with Crippen LogP contribution >= 0.6 is 0 Å². The van der Waals surface area contributed by atoms with Gasteiger partial charge in [0.15, 0.2) is 5.82 Å². The number of nitrogens with zero attached hydrogens (tertiary/aromatic N) is 1. The van der Waals surface area contributed by atoms with Crippen molar-refractivity contribution in [2.75, 3.05) is 5.32 Å². The van der Waals surface area contributed by atoms with Gasteiger partial charge in [-0.2, -0.15) is 0 Å². The average Bonchev–Trinajstić information content (AvgIpc) is 2.42. The van der Waals surface area contributed by atoms with Crippen LogP contribution in [0.1, 0.15) is 16.7 Å². The predicted octanol–water partition coefficient (Wildman–Crippen LogP) is 3.67. The molecule has 6 heteroatoms. The van der Waals surface area contributed by atoms with Crippen LogP contribution in [0.2, 0.25) is 0 Å². The second-order valence-corrected chi connectivity index (χ2v) is 4.82. The number of phenols is 1. The summed E-state index contributed by atoms with van der Waals surface area (Å²) in [7, 11) is 0. The molecule has 0 aliphatic rings. The number of nitro benzene ring substituents is 1. The SMILES string of the molecule is Cc1cc(CNc2c(F)cccc2[N+](=O)[O-])cc(C)c1O. The lowest BCUT2D eigenvalue weighted by atomic mass is 10.1. The minimum atomic E-state index is -0.670. The minimum Gasteiger partial charge on any atom is -0.507 e. The molecule has 0 aliphatic carbocycles. The molecule has 0 bridgehead atoms. The fraction of sp³-hybridized carbons (Fsp3) is 0.200. The highest BCUT2D eigenvalue weighted by Crippen LogP contribution is 2.28. The summed E-state index contributed by atoms with van der Waals surface area (Å²) >= 11 is 0. The van der Waals surface area contributed by atoms with Crippen LogP contribution in [0.25, 0.3) is 0 Å². The third-order valence-corrected chi connectivity index (χ3v) is 3.21. The van der Waals surface area contributed by atoms with Gasteiger partial charge in [-0.25, -0.2) is 4.39 Å². The number of halogens is 1. The zero-order valence-corrected chi connectivity index (χ0v) is 11.7. The first kappa shape index (κ1) is 14.8. The molecule has 21 heavy (non-hydrogen) atoms. The highest BCUT2D eigenvalue weighted by atomic mass is 19.1. The fourth-order valence-electron chi connectivity index (χ4n) is 2.18. The topological polar surface area (TPSA) is 75.4 Å². The van der Waals surface area contributed by atoms with Crippen LogP contribution in [-0.4, -0.2) is 10.0 Å². The van der Waals surface area contributed by atoms with E-state index in [1.807, 2.05) is 0 Å². The van der Waals surface area contributed by atoms with Gasteiger partial charge in [0.2, 0.25) is 0 Å². The molecule has 0 unspecified atom stereocenters. The maximum atomic E-state index is 13.7. The molecule has 2 aromatic carbocycles. The molecule has 5 nitrogen and oxygen atoms in total. The van der Waals surface area contributed by atoms with E-state index in [9.17, 15) is 19.6 Å². The van der Waals surface area contributed by atoms with Crippen molar-refractivity contribution >= 4 is 11.4 Å². The molecule has 0 aliphatic heterocycles. The third-order valence-electron chi connectivity index (χ3n) is 3.21. The summed E-state index contributed by atoms with van der Waals surface area (Å²) in [5, 5.41) is 23.4. The van der Waals surface area contributed by atoms with Crippen LogP contribution in [0, 0.1) is 29.8 Å². The molecule has 0 spiro atoms. The second-order valence-electron chi connectivity index (χ2n) is 4.82.